The van der Waals surface area contributed by atoms with Crippen LogP contribution in [0.5, 0.6) is 5.75 Å². The van der Waals surface area contributed by atoms with E-state index in [1.165, 1.54) is 24.3 Å². The number of carbonyl (C=O) groups excluding carboxylic acids is 1. The van der Waals surface area contributed by atoms with E-state index < -0.39 is 35.6 Å². The maximum atomic E-state index is 13.7. The van der Waals surface area contributed by atoms with Gasteiger partial charge in [0.1, 0.15) is 35.5 Å². The molecule has 0 bridgehead atoms. The normalized spacial score (nSPS) is 12.0. The van der Waals surface area contributed by atoms with Crippen LogP contribution in [0.4, 0.5) is 13.2 Å². The number of hydrogen-bond acceptors (Lipinski definition) is 7. The quantitative estimate of drug-likeness (QED) is 0.106. The molecule has 0 amide bonds. The zero-order valence-electron chi connectivity index (χ0n) is 25.1. The molecule has 0 radical (unpaired) electrons. The first-order chi connectivity index (χ1) is 21.9. The van der Waals surface area contributed by atoms with Gasteiger partial charge in [-0.15, -0.1) is 0 Å². The van der Waals surface area contributed by atoms with E-state index >= 15 is 0 Å². The minimum absolute atomic E-state index is 0.0477. The van der Waals surface area contributed by atoms with Crippen LogP contribution in [0.25, 0.3) is 11.5 Å². The molecule has 9 nitrogen and oxygen atoms in total. The molecule has 3 aromatic carbocycles. The molecule has 0 spiro atoms. The van der Waals surface area contributed by atoms with Gasteiger partial charge in [0, 0.05) is 36.5 Å². The SMILES string of the molecule is CCC(=O)O.CCc1oc(-c2ccccc2)nc1COc1ccc(C[C@H](N/C(=C\C(=O)c2ccccc2)C(F)(F)F)C(=O)O)cc1. The second kappa shape index (κ2) is 16.6. The zero-order chi connectivity index (χ0) is 33.7. The summed E-state index contributed by atoms with van der Waals surface area (Å²) in [6.45, 7) is 3.67. The van der Waals surface area contributed by atoms with Gasteiger partial charge in [0.2, 0.25) is 5.89 Å². The first-order valence-electron chi connectivity index (χ1n) is 14.3. The molecule has 0 unspecified atom stereocenters. The van der Waals surface area contributed by atoms with Crippen molar-refractivity contribution in [1.29, 1.82) is 0 Å². The maximum absolute atomic E-state index is 13.7. The van der Waals surface area contributed by atoms with Crippen molar-refractivity contribution in [2.45, 2.75) is 51.9 Å². The molecule has 242 valence electrons. The Morgan fingerprint density at radius 1 is 0.935 bits per heavy atom. The highest BCUT2D eigenvalue weighted by Crippen LogP contribution is 2.26. The molecule has 0 saturated heterocycles. The van der Waals surface area contributed by atoms with Crippen LogP contribution in [0.1, 0.15) is 47.6 Å². The smallest absolute Gasteiger partial charge is 0.431 e. The number of aryl methyl sites for hydroxylation is 1. The van der Waals surface area contributed by atoms with Crippen LogP contribution in [0.2, 0.25) is 0 Å². The lowest BCUT2D eigenvalue weighted by Gasteiger charge is -2.20. The van der Waals surface area contributed by atoms with Gasteiger partial charge in [-0.05, 0) is 29.8 Å². The molecular formula is C34H33F3N2O7. The van der Waals surface area contributed by atoms with Crippen LogP contribution >= 0.6 is 0 Å². The Morgan fingerprint density at radius 3 is 2.04 bits per heavy atom. The van der Waals surface area contributed by atoms with Crippen LogP contribution in [0.15, 0.2) is 101 Å². The number of halogens is 3. The van der Waals surface area contributed by atoms with E-state index in [1.807, 2.05) is 42.6 Å². The van der Waals surface area contributed by atoms with Gasteiger partial charge < -0.3 is 24.7 Å². The Bertz CT molecular complexity index is 1620. The number of carbonyl (C=O) groups is 3. The van der Waals surface area contributed by atoms with Crippen LogP contribution in [-0.2, 0) is 29.0 Å². The van der Waals surface area contributed by atoms with Crippen LogP contribution < -0.4 is 10.1 Å². The molecule has 4 aromatic rings. The number of nitrogens with zero attached hydrogens (tertiary/aromatic N) is 1. The maximum Gasteiger partial charge on any atom is 0.431 e. The minimum Gasteiger partial charge on any atom is -0.487 e. The number of aromatic nitrogens is 1. The van der Waals surface area contributed by atoms with Crippen molar-refractivity contribution in [2.24, 2.45) is 0 Å². The van der Waals surface area contributed by atoms with Gasteiger partial charge in [0.05, 0.1) is 0 Å². The van der Waals surface area contributed by atoms with E-state index in [0.717, 1.165) is 5.56 Å². The number of carboxylic acid groups (broad SMARTS) is 2. The summed E-state index contributed by atoms with van der Waals surface area (Å²) >= 11 is 0. The highest BCUT2D eigenvalue weighted by Gasteiger charge is 2.37. The number of aliphatic carboxylic acids is 2. The van der Waals surface area contributed by atoms with Crippen molar-refractivity contribution in [3.63, 3.8) is 0 Å². The lowest BCUT2D eigenvalue weighted by atomic mass is 10.0. The highest BCUT2D eigenvalue weighted by molar-refractivity contribution is 6.05. The van der Waals surface area contributed by atoms with Gasteiger partial charge in [0.25, 0.3) is 0 Å². The molecule has 0 saturated carbocycles. The van der Waals surface area contributed by atoms with Gasteiger partial charge >= 0.3 is 18.1 Å². The number of benzene rings is 3. The number of ether oxygens (including phenoxy) is 1. The molecule has 4 rings (SSSR count). The summed E-state index contributed by atoms with van der Waals surface area (Å²) in [5.41, 5.74) is 0.545. The molecule has 46 heavy (non-hydrogen) atoms. The molecular weight excluding hydrogens is 605 g/mol. The summed E-state index contributed by atoms with van der Waals surface area (Å²) in [4.78, 5) is 38.1. The Balaban J connectivity index is 0.00000107. The molecule has 1 heterocycles. The largest absolute Gasteiger partial charge is 0.487 e. The number of oxazole rings is 1. The minimum atomic E-state index is -4.96. The van der Waals surface area contributed by atoms with E-state index in [9.17, 15) is 32.7 Å². The van der Waals surface area contributed by atoms with Crippen molar-refractivity contribution in [2.75, 3.05) is 0 Å². The summed E-state index contributed by atoms with van der Waals surface area (Å²) in [5, 5.41) is 19.3. The summed E-state index contributed by atoms with van der Waals surface area (Å²) in [6, 6.07) is 21.5. The second-order valence-electron chi connectivity index (χ2n) is 9.81. The van der Waals surface area contributed by atoms with E-state index in [1.54, 1.807) is 37.3 Å². The molecule has 0 aliphatic carbocycles. The number of alkyl halides is 3. The molecule has 0 fully saturated rings. The third-order valence-electron chi connectivity index (χ3n) is 6.43. The van der Waals surface area contributed by atoms with E-state index in [2.05, 4.69) is 4.98 Å². The summed E-state index contributed by atoms with van der Waals surface area (Å²) in [6.07, 6.45) is -4.02. The van der Waals surface area contributed by atoms with Crippen molar-refractivity contribution < 1.29 is 46.9 Å². The summed E-state index contributed by atoms with van der Waals surface area (Å²) in [7, 11) is 0. The number of carboxylic acids is 2. The van der Waals surface area contributed by atoms with Gasteiger partial charge in [-0.2, -0.15) is 13.2 Å². The van der Waals surface area contributed by atoms with Gasteiger partial charge in [-0.3, -0.25) is 9.59 Å². The average Bonchev–Trinajstić information content (AvgIpc) is 3.47. The monoisotopic (exact) mass is 638 g/mol. The first kappa shape index (κ1) is 35.1. The third kappa shape index (κ3) is 10.7. The lowest BCUT2D eigenvalue weighted by molar-refractivity contribution is -0.140. The topological polar surface area (TPSA) is 139 Å². The van der Waals surface area contributed by atoms with Gasteiger partial charge in [-0.1, -0.05) is 74.5 Å². The number of rotatable bonds is 13. The van der Waals surface area contributed by atoms with Crippen LogP contribution in [0.3, 0.4) is 0 Å². The Morgan fingerprint density at radius 2 is 1.52 bits per heavy atom. The standard InChI is InChI=1S/C31H27F3N2O5.C3H6O2/c1-2-27-25(36-29(41-27)22-11-7-4-8-12-22)19-40-23-15-13-20(14-16-23)17-24(30(38)39)35-28(31(32,33)34)18-26(37)21-9-5-3-6-10-21;1-2-3(4)5/h3-16,18,24,35H,2,17,19H2,1H3,(H,38,39);2H2,1H3,(H,4,5)/b28-18-;/t24-;/m0./s1. The summed E-state index contributed by atoms with van der Waals surface area (Å²) < 4.78 is 52.8. The molecule has 12 heteroatoms. The Labute approximate surface area is 263 Å². The predicted octanol–water partition coefficient (Wildman–Crippen LogP) is 6.88. The average molecular weight is 639 g/mol. The third-order valence-corrected chi connectivity index (χ3v) is 6.43. The highest BCUT2D eigenvalue weighted by atomic mass is 19.4. The second-order valence-corrected chi connectivity index (χ2v) is 9.81. The number of ketones is 1. The van der Waals surface area contributed by atoms with Crippen molar-refractivity contribution in [3.8, 4) is 17.2 Å². The van der Waals surface area contributed by atoms with E-state index in [-0.39, 0.29) is 25.0 Å². The predicted molar refractivity (Wildman–Crippen MR) is 163 cm³/mol. The van der Waals surface area contributed by atoms with Crippen LogP contribution in [0, 0.1) is 0 Å². The zero-order valence-corrected chi connectivity index (χ0v) is 25.1. The molecule has 1 atom stereocenters. The molecule has 0 aliphatic rings. The number of hydrogen-bond donors (Lipinski definition) is 3. The Hall–Kier alpha value is -5.39. The van der Waals surface area contributed by atoms with Crippen LogP contribution in [-0.4, -0.2) is 45.1 Å². The van der Waals surface area contributed by atoms with Gasteiger partial charge in [0.15, 0.2) is 5.78 Å². The van der Waals surface area contributed by atoms with Gasteiger partial charge in [-0.25, -0.2) is 9.78 Å². The molecule has 0 aliphatic heterocycles. The molecule has 1 aromatic heterocycles. The lowest BCUT2D eigenvalue weighted by Crippen LogP contribution is -2.42. The van der Waals surface area contributed by atoms with E-state index in [4.69, 9.17) is 14.3 Å². The first-order valence-corrected chi connectivity index (χ1v) is 14.3. The summed E-state index contributed by atoms with van der Waals surface area (Å²) in [5.74, 6) is -1.50. The molecule has 3 N–H and O–H groups in total. The van der Waals surface area contributed by atoms with Crippen molar-refractivity contribution >= 4 is 17.7 Å². The van der Waals surface area contributed by atoms with Crippen molar-refractivity contribution in [1.82, 2.24) is 10.3 Å². The number of allylic oxidation sites excluding steroid dienone is 2. The fraction of sp³-hybridized carbons (Fsp3) is 0.235. The van der Waals surface area contributed by atoms with Crippen molar-refractivity contribution in [3.05, 3.63) is 119 Å². The van der Waals surface area contributed by atoms with E-state index in [0.29, 0.717) is 41.2 Å². The fourth-order valence-corrected chi connectivity index (χ4v) is 4.00. The Kier molecular flexibility index (Phi) is 12.7. The number of nitrogens with one attached hydrogen (secondary N) is 1. The fourth-order valence-electron chi connectivity index (χ4n) is 4.00.